The minimum atomic E-state index is -0.316. The van der Waals surface area contributed by atoms with Gasteiger partial charge in [-0.15, -0.1) is 0 Å². The van der Waals surface area contributed by atoms with Crippen LogP contribution in [0.4, 0.5) is 0 Å². The Morgan fingerprint density at radius 1 is 0.324 bits per heavy atom. The van der Waals surface area contributed by atoms with Crippen molar-refractivity contribution < 1.29 is 0 Å². The molecule has 0 atom stereocenters. The van der Waals surface area contributed by atoms with E-state index in [0.717, 1.165) is 51.6 Å². The number of benzene rings is 4. The number of rotatable bonds is 16. The third-order valence-corrected chi connectivity index (χ3v) is 11.3. The summed E-state index contributed by atoms with van der Waals surface area (Å²) in [7, 11) is -0.632. The molecular weight excluding hydrogens is 488 g/mol. The summed E-state index contributed by atoms with van der Waals surface area (Å²) in [6.07, 6.45) is 2.33. The fourth-order valence-electron chi connectivity index (χ4n) is 4.36. The van der Waals surface area contributed by atoms with Gasteiger partial charge < -0.3 is 16.0 Å². The summed E-state index contributed by atoms with van der Waals surface area (Å²) in [5, 5.41) is 16.7. The minimum Gasteiger partial charge on any atom is -0.315 e. The van der Waals surface area contributed by atoms with Crippen molar-refractivity contribution in [3.05, 3.63) is 121 Å². The molecule has 0 bridgehead atoms. The molecule has 3 N–H and O–H groups in total. The van der Waals surface area contributed by atoms with E-state index in [1.54, 1.807) is 0 Å². The second-order valence-electron chi connectivity index (χ2n) is 8.90. The van der Waals surface area contributed by atoms with Crippen LogP contribution in [0, 0.1) is 0 Å². The molecule has 3 nitrogen and oxygen atoms in total. The van der Waals surface area contributed by atoms with Gasteiger partial charge >= 0.3 is 0 Å². The fourth-order valence-corrected chi connectivity index (χ4v) is 8.88. The van der Waals surface area contributed by atoms with Gasteiger partial charge in [0.2, 0.25) is 0 Å². The Hall–Kier alpha value is -2.38. The maximum atomic E-state index is 3.64. The van der Waals surface area contributed by atoms with Crippen LogP contribution in [0.1, 0.15) is 0 Å². The average Bonchev–Trinajstić information content (AvgIpc) is 2.97. The van der Waals surface area contributed by atoms with E-state index >= 15 is 0 Å². The highest BCUT2D eigenvalue weighted by atomic mass is 31.1. The molecule has 4 aromatic rings. The molecule has 5 heteroatoms. The van der Waals surface area contributed by atoms with E-state index in [1.807, 2.05) is 0 Å². The number of nitrogens with one attached hydrogen (secondary N) is 3. The van der Waals surface area contributed by atoms with Crippen LogP contribution in [0.5, 0.6) is 0 Å². The topological polar surface area (TPSA) is 36.1 Å². The van der Waals surface area contributed by atoms with Crippen molar-refractivity contribution in [1.29, 1.82) is 0 Å². The second kappa shape index (κ2) is 16.5. The summed E-state index contributed by atoms with van der Waals surface area (Å²) in [4.78, 5) is 0. The minimum absolute atomic E-state index is 0.316. The van der Waals surface area contributed by atoms with E-state index in [2.05, 4.69) is 137 Å². The maximum absolute atomic E-state index is 3.64. The van der Waals surface area contributed by atoms with Crippen molar-refractivity contribution >= 4 is 37.1 Å². The monoisotopic (exact) mass is 527 g/mol. The number of hydrogen-bond acceptors (Lipinski definition) is 3. The lowest BCUT2D eigenvalue weighted by Crippen LogP contribution is -2.34. The van der Waals surface area contributed by atoms with E-state index in [-0.39, 0.29) is 15.8 Å². The lowest BCUT2D eigenvalue weighted by Gasteiger charge is -2.19. The van der Waals surface area contributed by atoms with Crippen LogP contribution in [0.3, 0.4) is 0 Å². The number of hydrogen-bond donors (Lipinski definition) is 3. The van der Waals surface area contributed by atoms with Gasteiger partial charge in [0.1, 0.15) is 0 Å². The largest absolute Gasteiger partial charge is 0.315 e. The van der Waals surface area contributed by atoms with Crippen molar-refractivity contribution in [3.8, 4) is 0 Å². The zero-order valence-corrected chi connectivity index (χ0v) is 23.4. The van der Waals surface area contributed by atoms with Gasteiger partial charge in [0.25, 0.3) is 0 Å². The first-order valence-corrected chi connectivity index (χ1v) is 16.3. The Bertz CT molecular complexity index is 942. The van der Waals surface area contributed by atoms with Gasteiger partial charge in [0.15, 0.2) is 0 Å². The van der Waals surface area contributed by atoms with Gasteiger partial charge in [-0.2, -0.15) is 0 Å². The molecule has 192 valence electrons. The quantitative estimate of drug-likeness (QED) is 0.152. The normalized spacial score (nSPS) is 11.3. The third-order valence-electron chi connectivity index (χ3n) is 6.25. The summed E-state index contributed by atoms with van der Waals surface area (Å²) < 4.78 is 0. The highest BCUT2D eigenvalue weighted by Gasteiger charge is 2.13. The molecule has 0 amide bonds. The first kappa shape index (κ1) is 27.6. The Labute approximate surface area is 225 Å². The summed E-state index contributed by atoms with van der Waals surface area (Å²) in [5.74, 6) is 0. The SMILES string of the molecule is c1ccc(P(CCNCCNCCNCCP(c2ccccc2)c2ccccc2)c2ccccc2)cc1. The molecule has 0 aromatic heterocycles. The van der Waals surface area contributed by atoms with Crippen molar-refractivity contribution in [2.24, 2.45) is 0 Å². The first-order chi connectivity index (χ1) is 18.4. The lowest BCUT2D eigenvalue weighted by atomic mass is 10.4. The van der Waals surface area contributed by atoms with Gasteiger partial charge in [0, 0.05) is 26.2 Å². The van der Waals surface area contributed by atoms with Crippen LogP contribution in [-0.4, -0.2) is 51.6 Å². The highest BCUT2D eigenvalue weighted by Crippen LogP contribution is 2.33. The van der Waals surface area contributed by atoms with E-state index < -0.39 is 0 Å². The Morgan fingerprint density at radius 3 is 0.838 bits per heavy atom. The predicted molar refractivity (Wildman–Crippen MR) is 166 cm³/mol. The van der Waals surface area contributed by atoms with Crippen molar-refractivity contribution in [2.75, 3.05) is 51.6 Å². The van der Waals surface area contributed by atoms with E-state index in [0.29, 0.717) is 0 Å². The molecule has 0 heterocycles. The molecule has 0 aliphatic heterocycles. The second-order valence-corrected chi connectivity index (χ2v) is 13.6. The Balaban J connectivity index is 1.09. The Kier molecular flexibility index (Phi) is 12.3. The van der Waals surface area contributed by atoms with Crippen LogP contribution in [0.2, 0.25) is 0 Å². The predicted octanol–water partition coefficient (Wildman–Crippen LogP) is 4.02. The van der Waals surface area contributed by atoms with Crippen molar-refractivity contribution in [2.45, 2.75) is 0 Å². The first-order valence-electron chi connectivity index (χ1n) is 13.3. The fraction of sp³-hybridized carbons (Fsp3) is 0.250. The molecular formula is C32H39N3P2. The summed E-state index contributed by atoms with van der Waals surface area (Å²) >= 11 is 0. The van der Waals surface area contributed by atoms with E-state index in [9.17, 15) is 0 Å². The molecule has 0 aliphatic rings. The van der Waals surface area contributed by atoms with Crippen LogP contribution in [0.15, 0.2) is 121 Å². The van der Waals surface area contributed by atoms with Crippen molar-refractivity contribution in [3.63, 3.8) is 0 Å². The van der Waals surface area contributed by atoms with Gasteiger partial charge in [-0.25, -0.2) is 0 Å². The van der Waals surface area contributed by atoms with E-state index in [1.165, 1.54) is 21.2 Å². The van der Waals surface area contributed by atoms with Gasteiger partial charge in [-0.05, 0) is 62.5 Å². The summed E-state index contributed by atoms with van der Waals surface area (Å²) in [6.45, 7) is 6.07. The molecule has 0 spiro atoms. The van der Waals surface area contributed by atoms with Crippen LogP contribution < -0.4 is 37.2 Å². The van der Waals surface area contributed by atoms with Gasteiger partial charge in [-0.3, -0.25) is 0 Å². The van der Waals surface area contributed by atoms with Crippen LogP contribution >= 0.6 is 15.8 Å². The molecule has 4 aromatic carbocycles. The van der Waals surface area contributed by atoms with Crippen LogP contribution in [0.25, 0.3) is 0 Å². The average molecular weight is 528 g/mol. The summed E-state index contributed by atoms with van der Waals surface area (Å²) in [5.41, 5.74) is 0. The molecule has 0 fully saturated rings. The molecule has 4 rings (SSSR count). The molecule has 0 unspecified atom stereocenters. The standard InChI is InChI=1S/C32H39N3P2/c1-5-13-29(14-6-1)36(30-15-7-2-8-16-30)27-25-34-23-21-33-22-24-35-26-28-37(31-17-9-3-10-18-31)32-19-11-4-12-20-32/h1-20,33-35H,21-28H2. The molecule has 0 aliphatic carbocycles. The molecule has 0 saturated heterocycles. The van der Waals surface area contributed by atoms with Gasteiger partial charge in [0.05, 0.1) is 0 Å². The smallest absolute Gasteiger partial charge is 0.00772 e. The molecule has 0 saturated carbocycles. The highest BCUT2D eigenvalue weighted by molar-refractivity contribution is 7.73. The maximum Gasteiger partial charge on any atom is 0.00772 e. The molecule has 37 heavy (non-hydrogen) atoms. The van der Waals surface area contributed by atoms with Gasteiger partial charge in [-0.1, -0.05) is 121 Å². The molecule has 0 radical (unpaired) electrons. The zero-order valence-electron chi connectivity index (χ0n) is 21.6. The summed E-state index contributed by atoms with van der Waals surface area (Å²) in [6, 6.07) is 43.9. The van der Waals surface area contributed by atoms with E-state index in [4.69, 9.17) is 0 Å². The zero-order chi connectivity index (χ0) is 25.4. The third kappa shape index (κ3) is 9.46. The van der Waals surface area contributed by atoms with Crippen LogP contribution in [-0.2, 0) is 0 Å². The Morgan fingerprint density at radius 2 is 0.568 bits per heavy atom. The lowest BCUT2D eigenvalue weighted by molar-refractivity contribution is 0.597. The van der Waals surface area contributed by atoms with Crippen molar-refractivity contribution in [1.82, 2.24) is 16.0 Å².